The normalized spacial score (nSPS) is 33.8. The van der Waals surface area contributed by atoms with Crippen LogP contribution in [-0.4, -0.2) is 24.3 Å². The van der Waals surface area contributed by atoms with Crippen LogP contribution in [0.5, 0.6) is 0 Å². The number of aliphatic hydroxyl groups is 1. The van der Waals surface area contributed by atoms with Crippen LogP contribution in [0, 0.1) is 11.8 Å². The molecule has 0 bridgehead atoms. The molecule has 3 nitrogen and oxygen atoms in total. The fraction of sp³-hybridized carbons (Fsp3) is 0.500. The predicted molar refractivity (Wildman–Crippen MR) is 49.0 cm³/mol. The van der Waals surface area contributed by atoms with Crippen molar-refractivity contribution < 1.29 is 14.6 Å². The number of aliphatic hydroxyl groups excluding tert-OH is 1. The Kier molecular flexibility index (Phi) is 3.39. The van der Waals surface area contributed by atoms with Crippen LogP contribution in [0.1, 0.15) is 6.42 Å². The standard InChI is InChI=1S/C10H14O3/c1-3-8-9(7(2)6-11)4-5-13-10(8)12/h3,6,8-10,12H,1-2,4-5H2/t8-,9-,10?/m1/s1. The number of hydrogen-bond donors (Lipinski definition) is 1. The monoisotopic (exact) mass is 182 g/mol. The number of ether oxygens (including phenoxy) is 1. The number of hydrogen-bond acceptors (Lipinski definition) is 3. The van der Waals surface area contributed by atoms with Crippen LogP contribution in [0.2, 0.25) is 0 Å². The van der Waals surface area contributed by atoms with Crippen molar-refractivity contribution in [3.8, 4) is 0 Å². The number of rotatable bonds is 3. The third-order valence-corrected chi connectivity index (χ3v) is 2.41. The molecule has 3 atom stereocenters. The highest BCUT2D eigenvalue weighted by Gasteiger charge is 2.32. The summed E-state index contributed by atoms with van der Waals surface area (Å²) >= 11 is 0. The molecule has 0 aromatic heterocycles. The van der Waals surface area contributed by atoms with Gasteiger partial charge in [0.2, 0.25) is 0 Å². The van der Waals surface area contributed by atoms with Crippen LogP contribution >= 0.6 is 0 Å². The van der Waals surface area contributed by atoms with E-state index < -0.39 is 6.29 Å². The average Bonchev–Trinajstić information content (AvgIpc) is 2.16. The Labute approximate surface area is 77.7 Å². The average molecular weight is 182 g/mol. The molecule has 0 aromatic carbocycles. The van der Waals surface area contributed by atoms with Crippen molar-refractivity contribution in [2.45, 2.75) is 12.7 Å². The second-order valence-electron chi connectivity index (χ2n) is 3.16. The van der Waals surface area contributed by atoms with Gasteiger partial charge in [0.15, 0.2) is 6.29 Å². The Morgan fingerprint density at radius 2 is 2.31 bits per heavy atom. The summed E-state index contributed by atoms with van der Waals surface area (Å²) in [7, 11) is 0. The van der Waals surface area contributed by atoms with Crippen LogP contribution in [0.3, 0.4) is 0 Å². The Morgan fingerprint density at radius 3 is 2.85 bits per heavy atom. The van der Waals surface area contributed by atoms with Crippen molar-refractivity contribution in [1.82, 2.24) is 0 Å². The summed E-state index contributed by atoms with van der Waals surface area (Å²) in [5.41, 5.74) is 0.507. The highest BCUT2D eigenvalue weighted by atomic mass is 16.6. The molecule has 1 unspecified atom stereocenters. The van der Waals surface area contributed by atoms with Gasteiger partial charge in [-0.15, -0.1) is 6.58 Å². The molecular weight excluding hydrogens is 168 g/mol. The van der Waals surface area contributed by atoms with E-state index >= 15 is 0 Å². The molecule has 0 aliphatic carbocycles. The van der Waals surface area contributed by atoms with Gasteiger partial charge < -0.3 is 9.84 Å². The molecule has 0 radical (unpaired) electrons. The molecule has 1 aliphatic rings. The highest BCUT2D eigenvalue weighted by Crippen LogP contribution is 2.30. The first kappa shape index (κ1) is 10.2. The van der Waals surface area contributed by atoms with E-state index in [4.69, 9.17) is 4.74 Å². The molecule has 1 aliphatic heterocycles. The lowest BCUT2D eigenvalue weighted by molar-refractivity contribution is -0.159. The smallest absolute Gasteiger partial charge is 0.161 e. The minimum Gasteiger partial charge on any atom is -0.367 e. The van der Waals surface area contributed by atoms with Gasteiger partial charge in [-0.1, -0.05) is 12.7 Å². The lowest BCUT2D eigenvalue weighted by Gasteiger charge is -2.33. The molecule has 0 aromatic rings. The molecule has 1 N–H and O–H groups in total. The Bertz CT molecular complexity index is 222. The van der Waals surface area contributed by atoms with E-state index in [1.807, 2.05) is 0 Å². The highest BCUT2D eigenvalue weighted by molar-refractivity contribution is 5.73. The minimum absolute atomic E-state index is 0.0289. The molecule has 1 fully saturated rings. The Hall–Kier alpha value is -0.930. The summed E-state index contributed by atoms with van der Waals surface area (Å²) < 4.78 is 5.03. The topological polar surface area (TPSA) is 46.5 Å². The maximum absolute atomic E-state index is 10.5. The van der Waals surface area contributed by atoms with E-state index in [0.717, 1.165) is 6.29 Å². The van der Waals surface area contributed by atoms with Gasteiger partial charge in [0.25, 0.3) is 0 Å². The lowest BCUT2D eigenvalue weighted by Crippen LogP contribution is -2.36. The first-order chi connectivity index (χ1) is 6.20. The molecule has 0 spiro atoms. The quantitative estimate of drug-likeness (QED) is 0.400. The molecule has 3 heteroatoms. The van der Waals surface area contributed by atoms with Crippen molar-refractivity contribution in [3.05, 3.63) is 24.8 Å². The number of allylic oxidation sites excluding steroid dienone is 1. The van der Waals surface area contributed by atoms with Crippen molar-refractivity contribution in [2.24, 2.45) is 11.8 Å². The number of carbonyl (C=O) groups excluding carboxylic acids is 1. The van der Waals surface area contributed by atoms with Gasteiger partial charge >= 0.3 is 0 Å². The van der Waals surface area contributed by atoms with Crippen molar-refractivity contribution in [1.29, 1.82) is 0 Å². The summed E-state index contributed by atoms with van der Waals surface area (Å²) in [5, 5.41) is 9.43. The van der Waals surface area contributed by atoms with Crippen LogP contribution in [0.25, 0.3) is 0 Å². The van der Waals surface area contributed by atoms with Gasteiger partial charge in [-0.25, -0.2) is 0 Å². The SMILES string of the molecule is C=C[C@H]1C(O)OCC[C@@H]1C(=C)C=O. The summed E-state index contributed by atoms with van der Waals surface area (Å²) in [5.74, 6) is -0.245. The predicted octanol–water partition coefficient (Wildman–Crippen LogP) is 0.899. The molecule has 13 heavy (non-hydrogen) atoms. The van der Waals surface area contributed by atoms with E-state index in [0.29, 0.717) is 18.6 Å². The Morgan fingerprint density at radius 1 is 1.62 bits per heavy atom. The third-order valence-electron chi connectivity index (χ3n) is 2.41. The molecular formula is C10H14O3. The first-order valence-corrected chi connectivity index (χ1v) is 4.27. The maximum Gasteiger partial charge on any atom is 0.161 e. The summed E-state index contributed by atoms with van der Waals surface area (Å²) in [4.78, 5) is 10.5. The van der Waals surface area contributed by atoms with Gasteiger partial charge in [0.05, 0.1) is 6.61 Å². The van der Waals surface area contributed by atoms with Gasteiger partial charge in [0.1, 0.15) is 6.29 Å². The van der Waals surface area contributed by atoms with Crippen LogP contribution in [0.4, 0.5) is 0 Å². The fourth-order valence-electron chi connectivity index (χ4n) is 1.62. The van der Waals surface area contributed by atoms with E-state index in [-0.39, 0.29) is 11.8 Å². The molecule has 72 valence electrons. The van der Waals surface area contributed by atoms with Gasteiger partial charge in [-0.05, 0) is 17.9 Å². The zero-order valence-electron chi connectivity index (χ0n) is 7.48. The molecule has 0 amide bonds. The minimum atomic E-state index is -0.854. The number of carbonyl (C=O) groups is 1. The molecule has 1 saturated heterocycles. The number of aldehydes is 1. The first-order valence-electron chi connectivity index (χ1n) is 4.27. The summed E-state index contributed by atoms with van der Waals surface area (Å²) in [6.45, 7) is 7.71. The second kappa shape index (κ2) is 4.35. The zero-order chi connectivity index (χ0) is 9.84. The fourth-order valence-corrected chi connectivity index (χ4v) is 1.62. The molecule has 1 heterocycles. The van der Waals surface area contributed by atoms with Crippen molar-refractivity contribution >= 4 is 6.29 Å². The van der Waals surface area contributed by atoms with Crippen LogP contribution in [-0.2, 0) is 9.53 Å². The summed E-state index contributed by atoms with van der Waals surface area (Å²) in [6.07, 6.45) is 2.21. The van der Waals surface area contributed by atoms with E-state index in [1.165, 1.54) is 0 Å². The lowest BCUT2D eigenvalue weighted by atomic mass is 9.82. The van der Waals surface area contributed by atoms with Gasteiger partial charge in [-0.3, -0.25) is 4.79 Å². The van der Waals surface area contributed by atoms with E-state index in [9.17, 15) is 9.90 Å². The van der Waals surface area contributed by atoms with Gasteiger partial charge in [-0.2, -0.15) is 0 Å². The zero-order valence-corrected chi connectivity index (χ0v) is 7.48. The van der Waals surface area contributed by atoms with Gasteiger partial charge in [0, 0.05) is 5.92 Å². The van der Waals surface area contributed by atoms with Crippen LogP contribution < -0.4 is 0 Å². The molecule has 0 saturated carbocycles. The summed E-state index contributed by atoms with van der Waals surface area (Å²) in [6, 6.07) is 0. The largest absolute Gasteiger partial charge is 0.367 e. The molecule has 1 rings (SSSR count). The van der Waals surface area contributed by atoms with Crippen LogP contribution in [0.15, 0.2) is 24.8 Å². The maximum atomic E-state index is 10.5. The Balaban J connectivity index is 2.75. The third kappa shape index (κ3) is 2.05. The van der Waals surface area contributed by atoms with Crippen molar-refractivity contribution in [3.63, 3.8) is 0 Å². The van der Waals surface area contributed by atoms with Crippen molar-refractivity contribution in [2.75, 3.05) is 6.61 Å². The second-order valence-corrected chi connectivity index (χ2v) is 3.16. The van der Waals surface area contributed by atoms with E-state index in [2.05, 4.69) is 13.2 Å². The van der Waals surface area contributed by atoms with E-state index in [1.54, 1.807) is 6.08 Å².